The van der Waals surface area contributed by atoms with Crippen molar-refractivity contribution in [2.75, 3.05) is 49.6 Å². The van der Waals surface area contributed by atoms with Crippen molar-refractivity contribution in [2.45, 2.75) is 68.8 Å². The van der Waals surface area contributed by atoms with Crippen LogP contribution in [0.1, 0.15) is 24.0 Å². The maximum atomic E-state index is 13.7. The van der Waals surface area contributed by atoms with Crippen molar-refractivity contribution >= 4 is 25.7 Å². The molecular formula is C26H33F6N7O4Si. The van der Waals surface area contributed by atoms with Crippen molar-refractivity contribution in [3.8, 4) is 0 Å². The Labute approximate surface area is 249 Å². The molecule has 0 unspecified atom stereocenters. The molecule has 18 heteroatoms. The third kappa shape index (κ3) is 6.70. The van der Waals surface area contributed by atoms with Crippen molar-refractivity contribution in [3.05, 3.63) is 39.9 Å². The molecular weight excluding hydrogens is 616 g/mol. The van der Waals surface area contributed by atoms with E-state index in [1.54, 1.807) is 9.80 Å². The zero-order valence-corrected chi connectivity index (χ0v) is 25.4. The fraction of sp³-hybridized carbons (Fsp3) is 0.654. The predicted octanol–water partition coefficient (Wildman–Crippen LogP) is 3.45. The third-order valence-electron chi connectivity index (χ3n) is 7.96. The highest BCUT2D eigenvalue weighted by Crippen LogP contribution is 2.54. The molecule has 0 atom stereocenters. The first kappa shape index (κ1) is 32.1. The molecule has 2 aromatic rings. The lowest BCUT2D eigenvalue weighted by Gasteiger charge is -2.47. The number of nitrogens with one attached hydrogen (secondary N) is 1. The third-order valence-corrected chi connectivity index (χ3v) is 9.66. The second kappa shape index (κ2) is 11.3. The molecule has 4 aliphatic rings. The maximum Gasteiger partial charge on any atom is 0.421 e. The van der Waals surface area contributed by atoms with E-state index in [0.29, 0.717) is 36.2 Å². The van der Waals surface area contributed by atoms with E-state index in [4.69, 9.17) is 9.47 Å². The Kier molecular flexibility index (Phi) is 8.24. The van der Waals surface area contributed by atoms with Gasteiger partial charge in [0.1, 0.15) is 18.1 Å². The molecule has 1 aliphatic carbocycles. The van der Waals surface area contributed by atoms with Gasteiger partial charge in [-0.2, -0.15) is 26.3 Å². The number of anilines is 2. The SMILES string of the molecule is C[Si](C)(C)CCOCn1nc(NC23COC(C(=O)N4CCN(c5ncc(C(F)(F)F)cn5)CC4)(C2)C3)cc(C(F)(F)F)c1=O. The zero-order chi connectivity index (χ0) is 32.1. The van der Waals surface area contributed by atoms with Crippen LogP contribution in [0.25, 0.3) is 0 Å². The molecule has 44 heavy (non-hydrogen) atoms. The number of aromatic nitrogens is 4. The highest BCUT2D eigenvalue weighted by molar-refractivity contribution is 6.76. The number of alkyl halides is 6. The summed E-state index contributed by atoms with van der Waals surface area (Å²) in [6.07, 6.45) is -7.65. The summed E-state index contributed by atoms with van der Waals surface area (Å²) in [6, 6.07) is 1.43. The largest absolute Gasteiger partial charge is 0.421 e. The Bertz CT molecular complexity index is 1430. The first-order valence-corrected chi connectivity index (χ1v) is 17.7. The normalized spacial score (nSPS) is 23.9. The van der Waals surface area contributed by atoms with Gasteiger partial charge in [-0.05, 0) is 6.04 Å². The van der Waals surface area contributed by atoms with E-state index in [1.807, 2.05) is 0 Å². The van der Waals surface area contributed by atoms with Crippen LogP contribution in [0.15, 0.2) is 23.3 Å². The van der Waals surface area contributed by atoms with Crippen LogP contribution in [0.3, 0.4) is 0 Å². The van der Waals surface area contributed by atoms with Gasteiger partial charge in [-0.25, -0.2) is 14.6 Å². The number of nitrogens with zero attached hydrogens (tertiary/aromatic N) is 6. The quantitative estimate of drug-likeness (QED) is 0.248. The van der Waals surface area contributed by atoms with Crippen molar-refractivity contribution in [1.29, 1.82) is 0 Å². The first-order chi connectivity index (χ1) is 20.4. The van der Waals surface area contributed by atoms with Crippen molar-refractivity contribution in [2.24, 2.45) is 0 Å². The highest BCUT2D eigenvalue weighted by Gasteiger charge is 2.67. The summed E-state index contributed by atoms with van der Waals surface area (Å²) in [4.78, 5) is 36.8. The zero-order valence-electron chi connectivity index (χ0n) is 24.4. The van der Waals surface area contributed by atoms with Gasteiger partial charge in [0.05, 0.1) is 17.7 Å². The monoisotopic (exact) mass is 649 g/mol. The van der Waals surface area contributed by atoms with Crippen LogP contribution < -0.4 is 15.8 Å². The van der Waals surface area contributed by atoms with Crippen LogP contribution in [-0.2, 0) is 33.4 Å². The summed E-state index contributed by atoms with van der Waals surface area (Å²) in [7, 11) is -1.46. The van der Waals surface area contributed by atoms with Gasteiger partial charge in [0.2, 0.25) is 5.95 Å². The van der Waals surface area contributed by atoms with Gasteiger partial charge in [-0.1, -0.05) is 19.6 Å². The minimum Gasteiger partial charge on any atom is -0.363 e. The number of hydrogen-bond acceptors (Lipinski definition) is 9. The Morgan fingerprint density at radius 1 is 1.05 bits per heavy atom. The average molecular weight is 650 g/mol. The van der Waals surface area contributed by atoms with E-state index in [9.17, 15) is 35.9 Å². The number of halogens is 6. The molecule has 1 saturated carbocycles. The minimum absolute atomic E-state index is 0.0486. The van der Waals surface area contributed by atoms with Crippen LogP contribution in [0.5, 0.6) is 0 Å². The molecule has 0 aromatic carbocycles. The van der Waals surface area contributed by atoms with Gasteiger partial charge in [-0.3, -0.25) is 9.59 Å². The summed E-state index contributed by atoms with van der Waals surface area (Å²) in [5.41, 5.74) is -5.64. The van der Waals surface area contributed by atoms with Crippen LogP contribution in [0.4, 0.5) is 38.1 Å². The van der Waals surface area contributed by atoms with Crippen LogP contribution in [0, 0.1) is 0 Å². The fourth-order valence-electron chi connectivity index (χ4n) is 5.58. The summed E-state index contributed by atoms with van der Waals surface area (Å²) >= 11 is 0. The van der Waals surface area contributed by atoms with E-state index in [2.05, 4.69) is 40.0 Å². The molecule has 3 aliphatic heterocycles. The topological polar surface area (TPSA) is 115 Å². The molecule has 5 heterocycles. The summed E-state index contributed by atoms with van der Waals surface area (Å²) in [6.45, 7) is 7.38. The molecule has 3 saturated heterocycles. The number of carbonyl (C=O) groups excluding carboxylic acids is 1. The number of rotatable bonds is 9. The molecule has 4 fully saturated rings. The molecule has 0 radical (unpaired) electrons. The summed E-state index contributed by atoms with van der Waals surface area (Å²) < 4.78 is 91.6. The van der Waals surface area contributed by atoms with Gasteiger partial charge in [0, 0.05) is 72.2 Å². The maximum absolute atomic E-state index is 13.7. The molecule has 0 spiro atoms. The number of piperazine rings is 1. The van der Waals surface area contributed by atoms with Crippen LogP contribution in [-0.4, -0.2) is 89.2 Å². The van der Waals surface area contributed by atoms with Crippen LogP contribution >= 0.6 is 0 Å². The Morgan fingerprint density at radius 3 is 2.25 bits per heavy atom. The highest BCUT2D eigenvalue weighted by atomic mass is 28.3. The second-order valence-electron chi connectivity index (χ2n) is 12.7. The smallest absolute Gasteiger partial charge is 0.363 e. The fourth-order valence-corrected chi connectivity index (χ4v) is 6.34. The van der Waals surface area contributed by atoms with Crippen LogP contribution in [0.2, 0.25) is 25.7 Å². The Morgan fingerprint density at radius 2 is 1.68 bits per heavy atom. The number of ether oxygens (including phenoxy) is 2. The van der Waals surface area contributed by atoms with Crippen molar-refractivity contribution in [1.82, 2.24) is 24.6 Å². The van der Waals surface area contributed by atoms with Gasteiger partial charge in [-0.15, -0.1) is 5.10 Å². The lowest BCUT2D eigenvalue weighted by atomic mass is 9.67. The van der Waals surface area contributed by atoms with Crippen molar-refractivity contribution in [3.63, 3.8) is 0 Å². The van der Waals surface area contributed by atoms with E-state index in [0.717, 1.165) is 6.04 Å². The van der Waals surface area contributed by atoms with Crippen molar-refractivity contribution < 1.29 is 40.6 Å². The number of carbonyl (C=O) groups is 1. The number of fused-ring (bicyclic) bond motifs is 1. The summed E-state index contributed by atoms with van der Waals surface area (Å²) in [5, 5.41) is 7.06. The Hall–Kier alpha value is -3.25. The molecule has 2 bridgehead atoms. The van der Waals surface area contributed by atoms with E-state index < -0.39 is 55.0 Å². The second-order valence-corrected chi connectivity index (χ2v) is 18.3. The molecule has 2 aromatic heterocycles. The van der Waals surface area contributed by atoms with E-state index in [-0.39, 0.29) is 56.8 Å². The standard InChI is InChI=1S/C26H33F6N7O4Si/c1-44(2,3)9-8-42-16-39-20(40)18(26(30,31)32)10-19(36-39)35-23-13-24(14-23,43-15-23)21(41)37-4-6-38(7-5-37)22-33-11-17(12-34-22)25(27,28)29/h10-12H,4-9,13-16H2,1-3H3,(H,35,36). The lowest BCUT2D eigenvalue weighted by Crippen LogP contribution is -2.63. The molecule has 242 valence electrons. The van der Waals surface area contributed by atoms with Gasteiger partial charge in [0.15, 0.2) is 5.60 Å². The molecule has 6 rings (SSSR count). The van der Waals surface area contributed by atoms with Gasteiger partial charge in [0.25, 0.3) is 11.5 Å². The molecule has 11 nitrogen and oxygen atoms in total. The Balaban J connectivity index is 1.21. The number of hydrogen-bond donors (Lipinski definition) is 1. The average Bonchev–Trinajstić information content (AvgIpc) is 3.47. The van der Waals surface area contributed by atoms with Gasteiger partial charge >= 0.3 is 12.4 Å². The van der Waals surface area contributed by atoms with E-state index >= 15 is 0 Å². The first-order valence-electron chi connectivity index (χ1n) is 14.0. The predicted molar refractivity (Wildman–Crippen MR) is 148 cm³/mol. The van der Waals surface area contributed by atoms with E-state index in [1.165, 1.54) is 0 Å². The minimum atomic E-state index is -4.91. The number of amides is 1. The van der Waals surface area contributed by atoms with Gasteiger partial charge < -0.3 is 24.6 Å². The lowest BCUT2D eigenvalue weighted by molar-refractivity contribution is -0.155. The molecule has 1 N–H and O–H groups in total. The molecule has 1 amide bonds. The summed E-state index contributed by atoms with van der Waals surface area (Å²) in [5.74, 6) is -0.326.